The third-order valence-corrected chi connectivity index (χ3v) is 2.29. The van der Waals surface area contributed by atoms with Crippen LogP contribution in [0.1, 0.15) is 10.5 Å². The molecule has 86 valence electrons. The number of rotatable bonds is 2. The Morgan fingerprint density at radius 1 is 1.24 bits per heavy atom. The molecule has 5 heteroatoms. The minimum atomic E-state index is -0.576. The Kier molecular flexibility index (Phi) is 3.09. The molecule has 2 rings (SSSR count). The predicted molar refractivity (Wildman–Crippen MR) is 61.2 cm³/mol. The molecule has 0 N–H and O–H groups in total. The maximum Gasteiger partial charge on any atom is 0.276 e. The lowest BCUT2D eigenvalue weighted by Crippen LogP contribution is -2.27. The highest BCUT2D eigenvalue weighted by Crippen LogP contribution is 2.13. The number of anilines is 1. The molecule has 0 aromatic carbocycles. The highest BCUT2D eigenvalue weighted by Gasteiger charge is 2.14. The second-order valence-corrected chi connectivity index (χ2v) is 3.42. The van der Waals surface area contributed by atoms with Crippen molar-refractivity contribution in [1.82, 2.24) is 9.97 Å². The summed E-state index contributed by atoms with van der Waals surface area (Å²) in [4.78, 5) is 20.8. The van der Waals surface area contributed by atoms with Crippen LogP contribution in [-0.4, -0.2) is 22.9 Å². The van der Waals surface area contributed by atoms with Crippen LogP contribution in [0.4, 0.5) is 10.1 Å². The summed E-state index contributed by atoms with van der Waals surface area (Å²) in [6, 6.07) is 7.78. The largest absolute Gasteiger partial charge is 0.309 e. The number of hydrogen-bond donors (Lipinski definition) is 0. The zero-order valence-electron chi connectivity index (χ0n) is 9.17. The highest BCUT2D eigenvalue weighted by atomic mass is 19.1. The van der Waals surface area contributed by atoms with Gasteiger partial charge >= 0.3 is 0 Å². The van der Waals surface area contributed by atoms with E-state index in [4.69, 9.17) is 0 Å². The summed E-state index contributed by atoms with van der Waals surface area (Å²) in [6.45, 7) is 0. The van der Waals surface area contributed by atoms with E-state index in [0.717, 1.165) is 0 Å². The van der Waals surface area contributed by atoms with Crippen molar-refractivity contribution in [3.05, 3.63) is 54.4 Å². The number of nitrogens with zero attached hydrogens (tertiary/aromatic N) is 3. The molecule has 0 aliphatic carbocycles. The first-order chi connectivity index (χ1) is 8.18. The zero-order valence-corrected chi connectivity index (χ0v) is 9.17. The minimum Gasteiger partial charge on any atom is -0.309 e. The van der Waals surface area contributed by atoms with Gasteiger partial charge in [0, 0.05) is 13.2 Å². The third kappa shape index (κ3) is 2.44. The number of amides is 1. The molecule has 2 aromatic rings. The zero-order chi connectivity index (χ0) is 12.3. The quantitative estimate of drug-likeness (QED) is 0.741. The SMILES string of the molecule is CN(C(=O)c1ccccn1)c1ccc(F)nc1. The van der Waals surface area contributed by atoms with Crippen LogP contribution in [-0.2, 0) is 0 Å². The third-order valence-electron chi connectivity index (χ3n) is 2.29. The van der Waals surface area contributed by atoms with Gasteiger partial charge in [-0.15, -0.1) is 0 Å². The summed E-state index contributed by atoms with van der Waals surface area (Å²) in [5.41, 5.74) is 0.848. The van der Waals surface area contributed by atoms with Crippen molar-refractivity contribution in [3.8, 4) is 0 Å². The molecule has 2 heterocycles. The van der Waals surface area contributed by atoms with Gasteiger partial charge in [0.1, 0.15) is 5.69 Å². The highest BCUT2D eigenvalue weighted by molar-refractivity contribution is 6.04. The Morgan fingerprint density at radius 3 is 2.65 bits per heavy atom. The molecular formula is C12H10FN3O. The standard InChI is InChI=1S/C12H10FN3O/c1-16(9-5-6-11(13)15-8-9)12(17)10-4-2-3-7-14-10/h2-8H,1H3. The molecule has 4 nitrogen and oxygen atoms in total. The molecule has 0 spiro atoms. The number of carbonyl (C=O) groups excluding carboxylic acids is 1. The predicted octanol–water partition coefficient (Wildman–Crippen LogP) is 1.89. The van der Waals surface area contributed by atoms with Crippen LogP contribution in [0.15, 0.2) is 42.7 Å². The maximum atomic E-state index is 12.6. The Labute approximate surface area is 97.7 Å². The molecule has 0 atom stereocenters. The molecule has 0 unspecified atom stereocenters. The smallest absolute Gasteiger partial charge is 0.276 e. The fourth-order valence-electron chi connectivity index (χ4n) is 1.34. The van der Waals surface area contributed by atoms with Gasteiger partial charge in [-0.05, 0) is 24.3 Å². The van der Waals surface area contributed by atoms with E-state index in [2.05, 4.69) is 9.97 Å². The molecule has 0 aliphatic rings. The van der Waals surface area contributed by atoms with E-state index in [1.54, 1.807) is 31.4 Å². The van der Waals surface area contributed by atoms with Crippen LogP contribution >= 0.6 is 0 Å². The summed E-state index contributed by atoms with van der Waals surface area (Å²) < 4.78 is 12.6. The van der Waals surface area contributed by atoms with E-state index in [0.29, 0.717) is 11.4 Å². The molecule has 0 fully saturated rings. The monoisotopic (exact) mass is 231 g/mol. The first kappa shape index (κ1) is 11.2. The fourth-order valence-corrected chi connectivity index (χ4v) is 1.34. The van der Waals surface area contributed by atoms with E-state index in [9.17, 15) is 9.18 Å². The maximum absolute atomic E-state index is 12.6. The van der Waals surface area contributed by atoms with Gasteiger partial charge in [-0.2, -0.15) is 4.39 Å². The summed E-state index contributed by atoms with van der Waals surface area (Å²) >= 11 is 0. The van der Waals surface area contributed by atoms with Crippen molar-refractivity contribution in [2.45, 2.75) is 0 Å². The lowest BCUT2D eigenvalue weighted by molar-refractivity contribution is 0.0988. The molecule has 2 aromatic heterocycles. The lowest BCUT2D eigenvalue weighted by atomic mass is 10.3. The van der Waals surface area contributed by atoms with E-state index in [1.807, 2.05) is 0 Å². The van der Waals surface area contributed by atoms with Crippen LogP contribution in [0.2, 0.25) is 0 Å². The Morgan fingerprint density at radius 2 is 2.06 bits per heavy atom. The first-order valence-corrected chi connectivity index (χ1v) is 4.99. The van der Waals surface area contributed by atoms with Gasteiger partial charge in [0.25, 0.3) is 5.91 Å². The van der Waals surface area contributed by atoms with Crippen LogP contribution < -0.4 is 4.90 Å². The number of hydrogen-bond acceptors (Lipinski definition) is 3. The summed E-state index contributed by atoms with van der Waals surface area (Å²) in [5.74, 6) is -0.841. The number of aromatic nitrogens is 2. The van der Waals surface area contributed by atoms with Crippen molar-refractivity contribution < 1.29 is 9.18 Å². The Balaban J connectivity index is 2.23. The van der Waals surface area contributed by atoms with Gasteiger partial charge in [0.2, 0.25) is 5.95 Å². The van der Waals surface area contributed by atoms with E-state index >= 15 is 0 Å². The lowest BCUT2D eigenvalue weighted by Gasteiger charge is -2.15. The average molecular weight is 231 g/mol. The molecule has 1 amide bonds. The number of carbonyl (C=O) groups is 1. The molecule has 17 heavy (non-hydrogen) atoms. The van der Waals surface area contributed by atoms with Crippen molar-refractivity contribution in [1.29, 1.82) is 0 Å². The Hall–Kier alpha value is -2.30. The van der Waals surface area contributed by atoms with Crippen molar-refractivity contribution >= 4 is 11.6 Å². The molecule has 0 bridgehead atoms. The van der Waals surface area contributed by atoms with Crippen LogP contribution in [0.3, 0.4) is 0 Å². The summed E-state index contributed by atoms with van der Waals surface area (Å²) in [5, 5.41) is 0. The first-order valence-electron chi connectivity index (χ1n) is 4.99. The molecule has 0 saturated carbocycles. The average Bonchev–Trinajstić information content (AvgIpc) is 2.39. The molecule has 0 radical (unpaired) electrons. The Bertz CT molecular complexity index is 513. The van der Waals surface area contributed by atoms with Crippen LogP contribution in [0.5, 0.6) is 0 Å². The van der Waals surface area contributed by atoms with E-state index < -0.39 is 5.95 Å². The van der Waals surface area contributed by atoms with Gasteiger partial charge in [0.05, 0.1) is 11.9 Å². The van der Waals surface area contributed by atoms with Crippen LogP contribution in [0.25, 0.3) is 0 Å². The van der Waals surface area contributed by atoms with Gasteiger partial charge in [-0.3, -0.25) is 9.78 Å². The summed E-state index contributed by atoms with van der Waals surface area (Å²) in [7, 11) is 1.59. The number of halogens is 1. The van der Waals surface area contributed by atoms with Crippen molar-refractivity contribution in [3.63, 3.8) is 0 Å². The number of pyridine rings is 2. The molecule has 0 saturated heterocycles. The van der Waals surface area contributed by atoms with Crippen molar-refractivity contribution in [2.24, 2.45) is 0 Å². The fraction of sp³-hybridized carbons (Fsp3) is 0.0833. The van der Waals surface area contributed by atoms with Crippen LogP contribution in [0, 0.1) is 5.95 Å². The summed E-state index contributed by atoms with van der Waals surface area (Å²) in [6.07, 6.45) is 2.85. The van der Waals surface area contributed by atoms with Gasteiger partial charge in [-0.25, -0.2) is 4.98 Å². The van der Waals surface area contributed by atoms with Gasteiger partial charge < -0.3 is 4.90 Å². The van der Waals surface area contributed by atoms with Gasteiger partial charge in [0.15, 0.2) is 0 Å². The van der Waals surface area contributed by atoms with E-state index in [1.165, 1.54) is 23.2 Å². The van der Waals surface area contributed by atoms with E-state index in [-0.39, 0.29) is 5.91 Å². The molecule has 0 aliphatic heterocycles. The normalized spacial score (nSPS) is 10.0. The van der Waals surface area contributed by atoms with Crippen molar-refractivity contribution in [2.75, 3.05) is 11.9 Å². The molecular weight excluding hydrogens is 221 g/mol. The second kappa shape index (κ2) is 4.69. The topological polar surface area (TPSA) is 46.1 Å². The minimum absolute atomic E-state index is 0.265. The second-order valence-electron chi connectivity index (χ2n) is 3.42. The van der Waals surface area contributed by atoms with Gasteiger partial charge in [-0.1, -0.05) is 6.07 Å².